The topological polar surface area (TPSA) is 164 Å². The monoisotopic (exact) mass is 304 g/mol. The molecule has 2 N–H and O–H groups in total. The molecule has 0 rings (SSSR count). The van der Waals surface area contributed by atoms with E-state index in [0.717, 1.165) is 0 Å². The predicted octanol–water partition coefficient (Wildman–Crippen LogP) is -4.22. The summed E-state index contributed by atoms with van der Waals surface area (Å²) in [6.07, 6.45) is 0. The summed E-state index contributed by atoms with van der Waals surface area (Å²) in [5.41, 5.74) is 0. The summed E-state index contributed by atoms with van der Waals surface area (Å²) in [7, 11) is -1.80. The number of carboxylic acids is 2. The standard InChI is InChI=1S/C2BN2O3S2.C2H2O4.K/c4-1-9-7-3(6)8-10-2-5;3-1(4)2(5)6;/h;(H,3,4)(H,5,6);/q-1;;+1. The minimum atomic E-state index is -1.82. The summed E-state index contributed by atoms with van der Waals surface area (Å²) in [5, 5.41) is 43.8. The molecule has 13 heteroatoms. The Morgan fingerprint density at radius 3 is 1.59 bits per heavy atom. The molecule has 0 aliphatic carbocycles. The molecule has 0 atom stereocenters. The molecule has 0 fully saturated rings. The fourth-order valence-corrected chi connectivity index (χ4v) is 0.509. The van der Waals surface area contributed by atoms with Gasteiger partial charge in [-0.1, -0.05) is 0 Å². The first-order valence-electron chi connectivity index (χ1n) is 3.00. The maximum Gasteiger partial charge on any atom is 1.00 e. The van der Waals surface area contributed by atoms with Crippen molar-refractivity contribution in [1.29, 1.82) is 10.5 Å². The second-order valence-electron chi connectivity index (χ2n) is 1.44. The number of rotatable bonds is 4. The Morgan fingerprint density at radius 1 is 1.12 bits per heavy atom. The van der Waals surface area contributed by atoms with E-state index in [1.54, 1.807) is 0 Å². The molecule has 0 amide bonds. The van der Waals surface area contributed by atoms with Gasteiger partial charge in [-0.2, -0.15) is 10.5 Å². The molecule has 0 aliphatic heterocycles. The van der Waals surface area contributed by atoms with Gasteiger partial charge in [-0.05, 0) is 0 Å². The maximum absolute atomic E-state index is 10.3. The van der Waals surface area contributed by atoms with E-state index in [4.69, 9.17) is 30.3 Å². The Labute approximate surface area is 147 Å². The van der Waals surface area contributed by atoms with Gasteiger partial charge >= 0.3 is 70.6 Å². The zero-order chi connectivity index (χ0) is 13.0. The minimum absolute atomic E-state index is 0. The molecule has 9 nitrogen and oxygen atoms in total. The molecule has 86 valence electrons. The molecule has 0 aromatic carbocycles. The second-order valence-corrected chi connectivity index (χ2v) is 2.52. The Hall–Kier alpha value is 0.201. The van der Waals surface area contributed by atoms with Gasteiger partial charge in [0.25, 0.3) is 0 Å². The number of carboxylic acid groups (broad SMARTS) is 2. The third-order valence-electron chi connectivity index (χ3n) is 0.511. The van der Waals surface area contributed by atoms with E-state index in [0.29, 0.717) is 24.1 Å². The fourth-order valence-electron chi connectivity index (χ4n) is 0.138. The molecule has 17 heavy (non-hydrogen) atoms. The summed E-state index contributed by atoms with van der Waals surface area (Å²) in [5.74, 6) is -3.65. The van der Waals surface area contributed by atoms with Crippen LogP contribution in [-0.2, 0) is 17.8 Å². The van der Waals surface area contributed by atoms with Crippen LogP contribution in [0.25, 0.3) is 0 Å². The first-order chi connectivity index (χ1) is 7.45. The van der Waals surface area contributed by atoms with Gasteiger partial charge in [0.05, 0.1) is 24.1 Å². The van der Waals surface area contributed by atoms with Gasteiger partial charge in [-0.15, -0.1) is 0 Å². The molecule has 0 radical (unpaired) electrons. The van der Waals surface area contributed by atoms with Crippen LogP contribution in [0.2, 0.25) is 0 Å². The SMILES string of the molecule is N#CSOB([O-])OSC#N.O=C(O)C(=O)O.[K+]. The van der Waals surface area contributed by atoms with Crippen LogP contribution >= 0.6 is 24.1 Å². The van der Waals surface area contributed by atoms with Crippen molar-refractivity contribution >= 4 is 43.3 Å². The number of hydrogen-bond donors (Lipinski definition) is 2. The molecule has 0 spiro atoms. The minimum Gasteiger partial charge on any atom is -0.830 e. The Morgan fingerprint density at radius 2 is 1.41 bits per heavy atom. The van der Waals surface area contributed by atoms with E-state index >= 15 is 0 Å². The fraction of sp³-hybridized carbons (Fsp3) is 0. The Balaban J connectivity index is -0.000000244. The summed E-state index contributed by atoms with van der Waals surface area (Å²) in [4.78, 5) is 18.2. The predicted molar refractivity (Wildman–Crippen MR) is 49.6 cm³/mol. The summed E-state index contributed by atoms with van der Waals surface area (Å²) in [6, 6.07) is 0. The van der Waals surface area contributed by atoms with Gasteiger partial charge in [0, 0.05) is 0 Å². The third-order valence-corrected chi connectivity index (χ3v) is 1.17. The van der Waals surface area contributed by atoms with Gasteiger partial charge < -0.3 is 23.4 Å². The molecular weight excluding hydrogens is 302 g/mol. The van der Waals surface area contributed by atoms with Crippen molar-refractivity contribution in [2.45, 2.75) is 0 Å². The molecule has 0 aliphatic rings. The molecule has 0 saturated heterocycles. The van der Waals surface area contributed by atoms with Gasteiger partial charge in [0.1, 0.15) is 0 Å². The first-order valence-corrected chi connectivity index (χ1v) is 4.48. The maximum atomic E-state index is 10.3. The number of hydrogen-bond acceptors (Lipinski definition) is 9. The zero-order valence-electron chi connectivity index (χ0n) is 8.22. The van der Waals surface area contributed by atoms with Gasteiger partial charge in [0.15, 0.2) is 10.8 Å². The quantitative estimate of drug-likeness (QED) is 0.224. The average molecular weight is 304 g/mol. The van der Waals surface area contributed by atoms with Crippen molar-refractivity contribution in [3.63, 3.8) is 0 Å². The van der Waals surface area contributed by atoms with Crippen LogP contribution < -0.4 is 56.4 Å². The van der Waals surface area contributed by atoms with E-state index in [-0.39, 0.29) is 51.4 Å². The molecule has 0 heterocycles. The van der Waals surface area contributed by atoms with Gasteiger partial charge in [-0.25, -0.2) is 9.59 Å². The van der Waals surface area contributed by atoms with Gasteiger partial charge in [0.2, 0.25) is 0 Å². The molecule has 0 saturated carbocycles. The van der Waals surface area contributed by atoms with Crippen molar-refractivity contribution < 1.29 is 84.4 Å². The van der Waals surface area contributed by atoms with Crippen molar-refractivity contribution in [3.8, 4) is 10.8 Å². The second kappa shape index (κ2) is 16.2. The van der Waals surface area contributed by atoms with Crippen molar-refractivity contribution in [2.24, 2.45) is 0 Å². The molecule has 0 aromatic heterocycles. The largest absolute Gasteiger partial charge is 1.00 e. The van der Waals surface area contributed by atoms with Crippen LogP contribution in [0, 0.1) is 21.3 Å². The van der Waals surface area contributed by atoms with E-state index in [9.17, 15) is 5.02 Å². The van der Waals surface area contributed by atoms with E-state index in [1.807, 2.05) is 0 Å². The zero-order valence-corrected chi connectivity index (χ0v) is 13.0. The van der Waals surface area contributed by atoms with Crippen LogP contribution in [0.15, 0.2) is 0 Å². The first kappa shape index (κ1) is 22.4. The summed E-state index contributed by atoms with van der Waals surface area (Å²) < 4.78 is 8.20. The number of nitrogens with zero attached hydrogens (tertiary/aromatic N) is 2. The van der Waals surface area contributed by atoms with Crippen molar-refractivity contribution in [3.05, 3.63) is 0 Å². The van der Waals surface area contributed by atoms with Crippen LogP contribution in [-0.4, -0.2) is 29.5 Å². The van der Waals surface area contributed by atoms with E-state index in [1.165, 1.54) is 10.8 Å². The van der Waals surface area contributed by atoms with Crippen molar-refractivity contribution in [1.82, 2.24) is 0 Å². The number of nitriles is 2. The Kier molecular flexibility index (Phi) is 21.3. The smallest absolute Gasteiger partial charge is 0.830 e. The number of carbonyl (C=O) groups is 2. The molecule has 0 aromatic rings. The normalized spacial score (nSPS) is 7.24. The van der Waals surface area contributed by atoms with Crippen LogP contribution in [0.5, 0.6) is 0 Å². The van der Waals surface area contributed by atoms with Crippen LogP contribution in [0.4, 0.5) is 0 Å². The number of aliphatic carboxylic acids is 2. The van der Waals surface area contributed by atoms with Crippen LogP contribution in [0.3, 0.4) is 0 Å². The van der Waals surface area contributed by atoms with E-state index in [2.05, 4.69) is 8.20 Å². The number of thiocyanates is 2. The van der Waals surface area contributed by atoms with E-state index < -0.39 is 19.3 Å². The molecule has 0 bridgehead atoms. The van der Waals surface area contributed by atoms with Gasteiger partial charge in [-0.3, -0.25) is 0 Å². The average Bonchev–Trinajstić information content (AvgIpc) is 2.24. The molecular formula is C4H2BKN2O7S2. The molecule has 0 unspecified atom stereocenters. The third kappa shape index (κ3) is 21.9. The Bertz CT molecular complexity index is 288. The van der Waals surface area contributed by atoms with Crippen molar-refractivity contribution in [2.75, 3.05) is 0 Å². The van der Waals surface area contributed by atoms with Crippen LogP contribution in [0.1, 0.15) is 0 Å². The summed E-state index contributed by atoms with van der Waals surface area (Å²) in [6.45, 7) is 0. The summed E-state index contributed by atoms with van der Waals surface area (Å²) >= 11 is 0.624.